The standard InChI is InChI=1S/C24H28N2O4/c27-21(25-19(23(29)13-7-14-23)17-9-3-1-4-10-17)22(28)26-20(24(30)15-8-16-24)18-11-5-2-6-12-18/h1-6,9-12,19-20,29-30H,7-8,13-16H2,(H,25,27)(H,26,28). The van der Waals surface area contributed by atoms with Crippen LogP contribution < -0.4 is 10.6 Å². The summed E-state index contributed by atoms with van der Waals surface area (Å²) < 4.78 is 0. The lowest BCUT2D eigenvalue weighted by Gasteiger charge is -2.44. The van der Waals surface area contributed by atoms with Crippen molar-refractivity contribution >= 4 is 11.8 Å². The first-order valence-electron chi connectivity index (χ1n) is 10.6. The van der Waals surface area contributed by atoms with Gasteiger partial charge in [-0.15, -0.1) is 0 Å². The quantitative estimate of drug-likeness (QED) is 0.552. The van der Waals surface area contributed by atoms with Crippen molar-refractivity contribution in [2.24, 2.45) is 0 Å². The first kappa shape index (κ1) is 20.6. The lowest BCUT2D eigenvalue weighted by Crippen LogP contribution is -2.56. The second kappa shape index (κ2) is 8.20. The van der Waals surface area contributed by atoms with E-state index in [1.807, 2.05) is 60.7 Å². The Kier molecular flexibility index (Phi) is 5.62. The molecule has 0 bridgehead atoms. The summed E-state index contributed by atoms with van der Waals surface area (Å²) >= 11 is 0. The van der Waals surface area contributed by atoms with Crippen molar-refractivity contribution in [3.63, 3.8) is 0 Å². The number of rotatable bonds is 6. The monoisotopic (exact) mass is 408 g/mol. The van der Waals surface area contributed by atoms with Gasteiger partial charge in [0.2, 0.25) is 0 Å². The van der Waals surface area contributed by atoms with Gasteiger partial charge in [-0.3, -0.25) is 9.59 Å². The number of benzene rings is 2. The number of carbonyl (C=O) groups is 2. The highest BCUT2D eigenvalue weighted by molar-refractivity contribution is 6.35. The van der Waals surface area contributed by atoms with E-state index in [9.17, 15) is 19.8 Å². The average molecular weight is 408 g/mol. The Morgan fingerprint density at radius 1 is 0.667 bits per heavy atom. The zero-order chi connectivity index (χ0) is 21.2. The lowest BCUT2D eigenvalue weighted by atomic mass is 9.72. The minimum absolute atomic E-state index is 0.570. The summed E-state index contributed by atoms with van der Waals surface area (Å²) in [7, 11) is 0. The fourth-order valence-corrected chi connectivity index (χ4v) is 4.40. The van der Waals surface area contributed by atoms with Crippen LogP contribution >= 0.6 is 0 Å². The number of carbonyl (C=O) groups excluding carboxylic acids is 2. The van der Waals surface area contributed by atoms with Crippen LogP contribution in [0, 0.1) is 0 Å². The Labute approximate surface area is 176 Å². The molecule has 0 radical (unpaired) electrons. The summed E-state index contributed by atoms with van der Waals surface area (Å²) in [4.78, 5) is 25.6. The van der Waals surface area contributed by atoms with Gasteiger partial charge in [-0.25, -0.2) is 0 Å². The maximum atomic E-state index is 12.8. The van der Waals surface area contributed by atoms with Crippen LogP contribution in [0.1, 0.15) is 61.7 Å². The molecule has 158 valence electrons. The van der Waals surface area contributed by atoms with Gasteiger partial charge in [-0.1, -0.05) is 60.7 Å². The third-order valence-corrected chi connectivity index (χ3v) is 6.54. The van der Waals surface area contributed by atoms with Crippen molar-refractivity contribution < 1.29 is 19.8 Å². The Hall–Kier alpha value is -2.70. The molecule has 2 unspecified atom stereocenters. The summed E-state index contributed by atoms with van der Waals surface area (Å²) in [5, 5.41) is 27.3. The van der Waals surface area contributed by atoms with E-state index < -0.39 is 35.1 Å². The van der Waals surface area contributed by atoms with Crippen molar-refractivity contribution in [3.8, 4) is 0 Å². The first-order chi connectivity index (χ1) is 14.4. The van der Waals surface area contributed by atoms with E-state index in [1.165, 1.54) is 0 Å². The molecular formula is C24H28N2O4. The van der Waals surface area contributed by atoms with E-state index in [0.29, 0.717) is 25.7 Å². The van der Waals surface area contributed by atoms with Crippen molar-refractivity contribution in [2.75, 3.05) is 0 Å². The minimum Gasteiger partial charge on any atom is -0.387 e. The van der Waals surface area contributed by atoms with Crippen molar-refractivity contribution in [1.82, 2.24) is 10.6 Å². The number of hydrogen-bond donors (Lipinski definition) is 4. The van der Waals surface area contributed by atoms with Crippen LogP contribution in [0.25, 0.3) is 0 Å². The van der Waals surface area contributed by atoms with Crippen LogP contribution in [-0.4, -0.2) is 33.2 Å². The third kappa shape index (κ3) is 3.98. The maximum absolute atomic E-state index is 12.8. The third-order valence-electron chi connectivity index (χ3n) is 6.54. The first-order valence-corrected chi connectivity index (χ1v) is 10.6. The van der Waals surface area contributed by atoms with Gasteiger partial charge in [0.15, 0.2) is 0 Å². The molecule has 4 rings (SSSR count). The van der Waals surface area contributed by atoms with E-state index in [2.05, 4.69) is 10.6 Å². The zero-order valence-electron chi connectivity index (χ0n) is 16.9. The summed E-state index contributed by atoms with van der Waals surface area (Å²) in [5.41, 5.74) is -0.582. The SMILES string of the molecule is O=C(NC(c1ccccc1)C1(O)CCC1)C(=O)NC(c1ccccc1)C1(O)CCC1. The van der Waals surface area contributed by atoms with Crippen LogP contribution in [0.4, 0.5) is 0 Å². The summed E-state index contributed by atoms with van der Waals surface area (Å²) in [6.45, 7) is 0. The van der Waals surface area contributed by atoms with Gasteiger partial charge >= 0.3 is 11.8 Å². The summed E-state index contributed by atoms with van der Waals surface area (Å²) in [6, 6.07) is 17.1. The van der Waals surface area contributed by atoms with Crippen LogP contribution in [0.3, 0.4) is 0 Å². The van der Waals surface area contributed by atoms with Gasteiger partial charge in [-0.2, -0.15) is 0 Å². The van der Waals surface area contributed by atoms with Crippen LogP contribution in [0.2, 0.25) is 0 Å². The van der Waals surface area contributed by atoms with Gasteiger partial charge in [-0.05, 0) is 49.7 Å². The average Bonchev–Trinajstić information content (AvgIpc) is 2.73. The van der Waals surface area contributed by atoms with Gasteiger partial charge in [0, 0.05) is 0 Å². The molecule has 2 amide bonds. The predicted molar refractivity (Wildman–Crippen MR) is 112 cm³/mol. The zero-order valence-corrected chi connectivity index (χ0v) is 16.9. The number of nitrogens with one attached hydrogen (secondary N) is 2. The fraction of sp³-hybridized carbons (Fsp3) is 0.417. The molecule has 0 heterocycles. The Morgan fingerprint density at radius 3 is 1.27 bits per heavy atom. The normalized spacial score (nSPS) is 20.7. The van der Waals surface area contributed by atoms with Crippen molar-refractivity contribution in [3.05, 3.63) is 71.8 Å². The van der Waals surface area contributed by atoms with Gasteiger partial charge in [0.25, 0.3) is 0 Å². The molecule has 2 atom stereocenters. The molecule has 4 N–H and O–H groups in total. The number of aliphatic hydroxyl groups is 2. The van der Waals surface area contributed by atoms with E-state index in [0.717, 1.165) is 24.0 Å². The molecule has 6 heteroatoms. The van der Waals surface area contributed by atoms with Gasteiger partial charge in [0.1, 0.15) is 0 Å². The van der Waals surface area contributed by atoms with E-state index in [1.54, 1.807) is 0 Å². The number of hydrogen-bond acceptors (Lipinski definition) is 4. The molecule has 0 aromatic heterocycles. The highest BCUT2D eigenvalue weighted by Crippen LogP contribution is 2.43. The maximum Gasteiger partial charge on any atom is 0.309 e. The molecular weight excluding hydrogens is 380 g/mol. The molecule has 30 heavy (non-hydrogen) atoms. The highest BCUT2D eigenvalue weighted by Gasteiger charge is 2.46. The fourth-order valence-electron chi connectivity index (χ4n) is 4.40. The number of amides is 2. The molecule has 2 aromatic carbocycles. The molecule has 6 nitrogen and oxygen atoms in total. The topological polar surface area (TPSA) is 98.7 Å². The Bertz CT molecular complexity index is 816. The second-order valence-electron chi connectivity index (χ2n) is 8.55. The molecule has 2 aromatic rings. The highest BCUT2D eigenvalue weighted by atomic mass is 16.3. The van der Waals surface area contributed by atoms with Crippen LogP contribution in [0.5, 0.6) is 0 Å². The van der Waals surface area contributed by atoms with Crippen molar-refractivity contribution in [1.29, 1.82) is 0 Å². The van der Waals surface area contributed by atoms with E-state index >= 15 is 0 Å². The van der Waals surface area contributed by atoms with Crippen LogP contribution in [0.15, 0.2) is 60.7 Å². The second-order valence-corrected chi connectivity index (χ2v) is 8.55. The minimum atomic E-state index is -1.05. The lowest BCUT2D eigenvalue weighted by molar-refractivity contribution is -0.145. The van der Waals surface area contributed by atoms with Gasteiger partial charge in [0.05, 0.1) is 23.3 Å². The predicted octanol–water partition coefficient (Wildman–Crippen LogP) is 2.53. The van der Waals surface area contributed by atoms with Crippen LogP contribution in [-0.2, 0) is 9.59 Å². The Balaban J connectivity index is 1.51. The smallest absolute Gasteiger partial charge is 0.309 e. The van der Waals surface area contributed by atoms with Crippen molar-refractivity contribution in [2.45, 2.75) is 61.8 Å². The molecule has 2 aliphatic rings. The molecule has 0 aliphatic heterocycles. The van der Waals surface area contributed by atoms with E-state index in [4.69, 9.17) is 0 Å². The molecule has 0 saturated heterocycles. The van der Waals surface area contributed by atoms with E-state index in [-0.39, 0.29) is 0 Å². The largest absolute Gasteiger partial charge is 0.387 e. The molecule has 2 fully saturated rings. The summed E-state index contributed by atoms with van der Waals surface area (Å²) in [6.07, 6.45) is 4.04. The summed E-state index contributed by atoms with van der Waals surface area (Å²) in [5.74, 6) is -1.62. The molecule has 2 saturated carbocycles. The molecule has 2 aliphatic carbocycles. The Morgan fingerprint density at radius 2 is 1.00 bits per heavy atom. The molecule has 0 spiro atoms. The van der Waals surface area contributed by atoms with Gasteiger partial charge < -0.3 is 20.8 Å².